The number of Topliss-reactive ketones (excluding diaryl/α,β-unsaturated/α-hetero) is 1. The Hall–Kier alpha value is -0.850. The largest absolute Gasteiger partial charge is 0.300 e. The van der Waals surface area contributed by atoms with Crippen LogP contribution >= 0.6 is 0 Å². The molecule has 0 aliphatic rings. The van der Waals surface area contributed by atoms with Crippen LogP contribution < -0.4 is 0 Å². The van der Waals surface area contributed by atoms with Crippen LogP contribution in [0.1, 0.15) is 20.8 Å². The van der Waals surface area contributed by atoms with Gasteiger partial charge in [-0.25, -0.2) is 0 Å². The molecule has 0 radical (unpaired) electrons. The topological polar surface area (TPSA) is 91.7 Å². The molecule has 0 bridgehead atoms. The molecule has 0 atom stereocenters. The molecule has 0 aromatic heterocycles. The minimum atomic E-state index is -2.61. The van der Waals surface area contributed by atoms with Crippen LogP contribution in [0.4, 0.5) is 0 Å². The fraction of sp³-hybridized carbons (Fsp3) is 0.429. The SMILES string of the molecule is C/C=C/C=O.CC(C)=O.O=S(O)O. The van der Waals surface area contributed by atoms with Gasteiger partial charge in [0.1, 0.15) is 12.1 Å². The number of carbonyl (C=O) groups is 2. The molecule has 78 valence electrons. The van der Waals surface area contributed by atoms with Gasteiger partial charge in [0.05, 0.1) is 0 Å². The zero-order chi connectivity index (χ0) is 11.3. The molecule has 0 aliphatic carbocycles. The lowest BCUT2D eigenvalue weighted by molar-refractivity contribution is -0.115. The lowest BCUT2D eigenvalue weighted by atomic mass is 10.6. The van der Waals surface area contributed by atoms with Crippen LogP contribution in [-0.2, 0) is 21.0 Å². The summed E-state index contributed by atoms with van der Waals surface area (Å²) in [6.45, 7) is 4.86. The van der Waals surface area contributed by atoms with E-state index in [2.05, 4.69) is 0 Å². The summed E-state index contributed by atoms with van der Waals surface area (Å²) in [6, 6.07) is 0. The Labute approximate surface area is 80.0 Å². The van der Waals surface area contributed by atoms with Crippen molar-refractivity contribution in [3.63, 3.8) is 0 Å². The van der Waals surface area contributed by atoms with Crippen LogP contribution in [0.5, 0.6) is 0 Å². The molecule has 2 N–H and O–H groups in total. The zero-order valence-corrected chi connectivity index (χ0v) is 8.58. The molecule has 6 heteroatoms. The number of ketones is 1. The number of hydrogen-bond acceptors (Lipinski definition) is 3. The second kappa shape index (κ2) is 17.3. The summed E-state index contributed by atoms with van der Waals surface area (Å²) in [5.74, 6) is 0.167. The third kappa shape index (κ3) is 706. The van der Waals surface area contributed by atoms with E-state index in [-0.39, 0.29) is 5.78 Å². The highest BCUT2D eigenvalue weighted by Crippen LogP contribution is 1.55. The molecule has 0 aliphatic heterocycles. The van der Waals surface area contributed by atoms with Crippen LogP contribution in [0.3, 0.4) is 0 Å². The van der Waals surface area contributed by atoms with E-state index in [4.69, 9.17) is 13.3 Å². The van der Waals surface area contributed by atoms with Gasteiger partial charge in [-0.15, -0.1) is 0 Å². The van der Waals surface area contributed by atoms with E-state index in [1.54, 1.807) is 13.0 Å². The van der Waals surface area contributed by atoms with Gasteiger partial charge in [0, 0.05) is 0 Å². The van der Waals surface area contributed by atoms with Crippen molar-refractivity contribution in [3.05, 3.63) is 12.2 Å². The maximum absolute atomic E-state index is 9.44. The van der Waals surface area contributed by atoms with E-state index in [1.807, 2.05) is 0 Å². The van der Waals surface area contributed by atoms with Gasteiger partial charge in [0.25, 0.3) is 11.4 Å². The molecular weight excluding hydrogens is 196 g/mol. The Morgan fingerprint density at radius 3 is 1.54 bits per heavy atom. The minimum Gasteiger partial charge on any atom is -0.300 e. The van der Waals surface area contributed by atoms with E-state index in [9.17, 15) is 9.59 Å². The van der Waals surface area contributed by atoms with Gasteiger partial charge in [-0.3, -0.25) is 13.9 Å². The molecule has 0 spiro atoms. The van der Waals surface area contributed by atoms with Gasteiger partial charge in [-0.2, -0.15) is 4.21 Å². The Bertz CT molecular complexity index is 156. The molecule has 0 aromatic rings. The lowest BCUT2D eigenvalue weighted by Gasteiger charge is -1.59. The lowest BCUT2D eigenvalue weighted by Crippen LogP contribution is -1.74. The zero-order valence-electron chi connectivity index (χ0n) is 7.76. The molecule has 0 saturated carbocycles. The van der Waals surface area contributed by atoms with Crippen molar-refractivity contribution in [2.75, 3.05) is 0 Å². The van der Waals surface area contributed by atoms with Crippen molar-refractivity contribution in [2.45, 2.75) is 20.8 Å². The predicted molar refractivity (Wildman–Crippen MR) is 50.6 cm³/mol. The van der Waals surface area contributed by atoms with Crippen LogP contribution in [0.2, 0.25) is 0 Å². The van der Waals surface area contributed by atoms with Crippen LogP contribution in [0.15, 0.2) is 12.2 Å². The third-order valence-electron chi connectivity index (χ3n) is 0.271. The first-order valence-corrected chi connectivity index (χ1v) is 4.28. The van der Waals surface area contributed by atoms with Crippen molar-refractivity contribution in [3.8, 4) is 0 Å². The van der Waals surface area contributed by atoms with Crippen molar-refractivity contribution in [2.24, 2.45) is 0 Å². The fourth-order valence-electron chi connectivity index (χ4n) is 0.0786. The summed E-state index contributed by atoms with van der Waals surface area (Å²) < 4.78 is 22.8. The summed E-state index contributed by atoms with van der Waals surface area (Å²) in [4.78, 5) is 18.8. The van der Waals surface area contributed by atoms with E-state index >= 15 is 0 Å². The van der Waals surface area contributed by atoms with Gasteiger partial charge in [0.2, 0.25) is 0 Å². The number of hydrogen-bond donors (Lipinski definition) is 2. The number of carbonyl (C=O) groups excluding carboxylic acids is 2. The number of rotatable bonds is 1. The minimum absolute atomic E-state index is 0.167. The highest BCUT2D eigenvalue weighted by atomic mass is 32.2. The van der Waals surface area contributed by atoms with E-state index in [1.165, 1.54) is 19.9 Å². The van der Waals surface area contributed by atoms with Gasteiger partial charge < -0.3 is 4.79 Å². The maximum Gasteiger partial charge on any atom is 0.299 e. The maximum atomic E-state index is 9.44. The Morgan fingerprint density at radius 2 is 1.54 bits per heavy atom. The second-order valence-corrected chi connectivity index (χ2v) is 2.26. The highest BCUT2D eigenvalue weighted by Gasteiger charge is 1.63. The fourth-order valence-corrected chi connectivity index (χ4v) is 0.0786. The highest BCUT2D eigenvalue weighted by molar-refractivity contribution is 7.73. The molecule has 0 heterocycles. The average Bonchev–Trinajstić information content (AvgIpc) is 1.86. The molecule has 0 unspecified atom stereocenters. The molecule has 0 saturated heterocycles. The van der Waals surface area contributed by atoms with E-state index in [0.717, 1.165) is 6.29 Å². The smallest absolute Gasteiger partial charge is 0.299 e. The second-order valence-electron chi connectivity index (χ2n) is 1.80. The molecule has 0 aromatic carbocycles. The van der Waals surface area contributed by atoms with Gasteiger partial charge in [0.15, 0.2) is 0 Å². The molecule has 0 fully saturated rings. The Morgan fingerprint density at radius 1 is 1.31 bits per heavy atom. The quantitative estimate of drug-likeness (QED) is 0.383. The molecule has 13 heavy (non-hydrogen) atoms. The Balaban J connectivity index is -0.000000117. The van der Waals surface area contributed by atoms with E-state index < -0.39 is 11.4 Å². The summed E-state index contributed by atoms with van der Waals surface area (Å²) in [5.41, 5.74) is 0. The summed E-state index contributed by atoms with van der Waals surface area (Å²) >= 11 is -2.61. The first-order valence-electron chi connectivity index (χ1n) is 3.22. The van der Waals surface area contributed by atoms with Crippen molar-refractivity contribution in [1.82, 2.24) is 0 Å². The number of aldehydes is 1. The number of allylic oxidation sites excluding steroid dienone is 2. The Kier molecular flexibility index (Phi) is 24.0. The van der Waals surface area contributed by atoms with Crippen LogP contribution in [0.25, 0.3) is 0 Å². The monoisotopic (exact) mass is 210 g/mol. The summed E-state index contributed by atoms with van der Waals surface area (Å²) in [6.07, 6.45) is 3.88. The molecule has 5 nitrogen and oxygen atoms in total. The predicted octanol–water partition coefficient (Wildman–Crippen LogP) is 1.04. The van der Waals surface area contributed by atoms with Crippen molar-refractivity contribution < 1.29 is 22.9 Å². The van der Waals surface area contributed by atoms with Gasteiger partial charge >= 0.3 is 0 Å². The average molecular weight is 210 g/mol. The first kappa shape index (κ1) is 18.0. The summed E-state index contributed by atoms with van der Waals surface area (Å²) in [7, 11) is 0. The summed E-state index contributed by atoms with van der Waals surface area (Å²) in [5, 5.41) is 0. The van der Waals surface area contributed by atoms with Crippen molar-refractivity contribution in [1.29, 1.82) is 0 Å². The van der Waals surface area contributed by atoms with E-state index in [0.29, 0.717) is 0 Å². The molecule has 0 rings (SSSR count). The molecular formula is C7H14O5S. The van der Waals surface area contributed by atoms with Crippen LogP contribution in [0, 0.1) is 0 Å². The first-order chi connectivity index (χ1) is 5.88. The third-order valence-corrected chi connectivity index (χ3v) is 0.271. The van der Waals surface area contributed by atoms with Gasteiger partial charge in [-0.1, -0.05) is 6.08 Å². The van der Waals surface area contributed by atoms with Crippen LogP contribution in [-0.4, -0.2) is 25.4 Å². The standard InChI is InChI=1S/C4H6O.C3H6O.H2O3S/c1-2-3-4-5;1-3(2)4;1-4(2)3/h2-4H,1H3;1-2H3;(H2,1,2,3)/b3-2+;;. The van der Waals surface area contributed by atoms with Crippen molar-refractivity contribution >= 4 is 23.4 Å². The normalized spacial score (nSPS) is 8.15. The molecule has 0 amide bonds. The van der Waals surface area contributed by atoms with Gasteiger partial charge in [-0.05, 0) is 26.8 Å².